The molecule has 0 saturated carbocycles. The Hall–Kier alpha value is -2.83. The van der Waals surface area contributed by atoms with Gasteiger partial charge in [0.15, 0.2) is 0 Å². The van der Waals surface area contributed by atoms with Crippen molar-refractivity contribution >= 4 is 10.9 Å². The second-order valence-electron chi connectivity index (χ2n) is 5.98. The van der Waals surface area contributed by atoms with Crippen LogP contribution >= 0.6 is 0 Å². The Labute approximate surface area is 151 Å². The number of nitrogens with one attached hydrogen (secondary N) is 2. The molecule has 3 rings (SSSR count). The van der Waals surface area contributed by atoms with E-state index in [9.17, 15) is 9.90 Å². The Morgan fingerprint density at radius 2 is 2.00 bits per heavy atom. The fraction of sp³-hybridized carbons (Fsp3) is 0.250. The highest BCUT2D eigenvalue weighted by atomic mass is 16.5. The van der Waals surface area contributed by atoms with E-state index in [2.05, 4.69) is 10.3 Å². The summed E-state index contributed by atoms with van der Waals surface area (Å²) in [5, 5.41) is 14.2. The van der Waals surface area contributed by atoms with Crippen molar-refractivity contribution in [2.45, 2.75) is 12.6 Å². The van der Waals surface area contributed by atoms with E-state index in [-0.39, 0.29) is 12.2 Å². The molecule has 2 aromatic carbocycles. The minimum Gasteiger partial charge on any atom is -0.496 e. The first-order valence-corrected chi connectivity index (χ1v) is 8.42. The lowest BCUT2D eigenvalue weighted by Gasteiger charge is -2.14. The monoisotopic (exact) mass is 354 g/mol. The van der Waals surface area contributed by atoms with Crippen LogP contribution in [0.2, 0.25) is 0 Å². The van der Waals surface area contributed by atoms with Crippen LogP contribution in [0.1, 0.15) is 5.56 Å². The Morgan fingerprint density at radius 1 is 1.15 bits per heavy atom. The number of benzene rings is 2. The molecule has 3 aromatic rings. The fourth-order valence-corrected chi connectivity index (χ4v) is 2.70. The predicted molar refractivity (Wildman–Crippen MR) is 101 cm³/mol. The largest absolute Gasteiger partial charge is 0.496 e. The van der Waals surface area contributed by atoms with Crippen LogP contribution in [0.4, 0.5) is 0 Å². The minimum absolute atomic E-state index is 0.136. The Balaban J connectivity index is 1.48. The Kier molecular flexibility index (Phi) is 5.88. The molecule has 1 heterocycles. The van der Waals surface area contributed by atoms with Gasteiger partial charge in [-0.3, -0.25) is 4.79 Å². The molecule has 136 valence electrons. The zero-order valence-corrected chi connectivity index (χ0v) is 14.6. The quantitative estimate of drug-likeness (QED) is 0.577. The van der Waals surface area contributed by atoms with E-state index in [4.69, 9.17) is 9.47 Å². The number of aromatic amines is 1. The average Bonchev–Trinajstić information content (AvgIpc) is 2.66. The molecule has 3 N–H and O–H groups in total. The topological polar surface area (TPSA) is 83.6 Å². The van der Waals surface area contributed by atoms with Gasteiger partial charge in [0.2, 0.25) is 5.56 Å². The number of hydrogen-bond donors (Lipinski definition) is 3. The molecule has 0 aliphatic carbocycles. The first-order chi connectivity index (χ1) is 12.7. The van der Waals surface area contributed by atoms with Gasteiger partial charge in [-0.2, -0.15) is 0 Å². The highest BCUT2D eigenvalue weighted by molar-refractivity contribution is 5.79. The zero-order chi connectivity index (χ0) is 18.4. The van der Waals surface area contributed by atoms with Crippen molar-refractivity contribution in [3.05, 3.63) is 70.5 Å². The van der Waals surface area contributed by atoms with E-state index in [0.717, 1.165) is 22.2 Å². The van der Waals surface area contributed by atoms with Gasteiger partial charge in [0, 0.05) is 35.6 Å². The van der Waals surface area contributed by atoms with Crippen LogP contribution in [0.3, 0.4) is 0 Å². The maximum Gasteiger partial charge on any atom is 0.248 e. The Morgan fingerprint density at radius 3 is 2.85 bits per heavy atom. The molecular formula is C20H22N2O4. The number of fused-ring (bicyclic) bond motifs is 1. The number of hydrogen-bond acceptors (Lipinski definition) is 5. The van der Waals surface area contributed by atoms with Gasteiger partial charge in [-0.25, -0.2) is 0 Å². The minimum atomic E-state index is -0.643. The first-order valence-electron chi connectivity index (χ1n) is 8.42. The third kappa shape index (κ3) is 4.62. The van der Waals surface area contributed by atoms with Crippen molar-refractivity contribution in [3.8, 4) is 11.5 Å². The molecule has 6 heteroatoms. The highest BCUT2D eigenvalue weighted by Gasteiger charge is 2.07. The van der Waals surface area contributed by atoms with Gasteiger partial charge in [0.25, 0.3) is 0 Å². The summed E-state index contributed by atoms with van der Waals surface area (Å²) in [5.41, 5.74) is 1.65. The van der Waals surface area contributed by atoms with Crippen molar-refractivity contribution in [2.75, 3.05) is 20.3 Å². The van der Waals surface area contributed by atoms with E-state index in [1.165, 1.54) is 6.07 Å². The van der Waals surface area contributed by atoms with Gasteiger partial charge in [-0.05, 0) is 30.3 Å². The molecule has 1 unspecified atom stereocenters. The van der Waals surface area contributed by atoms with Crippen molar-refractivity contribution in [3.63, 3.8) is 0 Å². The summed E-state index contributed by atoms with van der Waals surface area (Å²) in [4.78, 5) is 14.0. The van der Waals surface area contributed by atoms with Crippen LogP contribution in [-0.2, 0) is 6.54 Å². The number of aromatic nitrogens is 1. The number of H-pyrrole nitrogens is 1. The smallest absolute Gasteiger partial charge is 0.248 e. The standard InChI is InChI=1S/C20H22N2O4/c1-25-19-5-3-2-4-15(19)11-21-12-16(23)13-26-17-7-8-18-14(10-17)6-9-20(24)22-18/h2-10,16,21,23H,11-13H2,1H3,(H,22,24). The lowest BCUT2D eigenvalue weighted by molar-refractivity contribution is 0.106. The van der Waals surface area contributed by atoms with E-state index in [1.807, 2.05) is 30.3 Å². The Bertz CT molecular complexity index is 923. The summed E-state index contributed by atoms with van der Waals surface area (Å²) in [5.74, 6) is 1.47. The first kappa shape index (κ1) is 18.0. The van der Waals surface area contributed by atoms with Crippen molar-refractivity contribution < 1.29 is 14.6 Å². The van der Waals surface area contributed by atoms with Gasteiger partial charge in [0.05, 0.1) is 7.11 Å². The van der Waals surface area contributed by atoms with Crippen LogP contribution in [0, 0.1) is 0 Å². The molecule has 0 saturated heterocycles. The van der Waals surface area contributed by atoms with Gasteiger partial charge in [0.1, 0.15) is 24.2 Å². The third-order valence-electron chi connectivity index (χ3n) is 4.03. The number of para-hydroxylation sites is 1. The summed E-state index contributed by atoms with van der Waals surface area (Å²) in [6.07, 6.45) is -0.643. The highest BCUT2D eigenvalue weighted by Crippen LogP contribution is 2.18. The molecule has 0 amide bonds. The number of pyridine rings is 1. The van der Waals surface area contributed by atoms with Crippen LogP contribution < -0.4 is 20.3 Å². The molecule has 0 bridgehead atoms. The molecule has 0 aliphatic heterocycles. The third-order valence-corrected chi connectivity index (χ3v) is 4.03. The van der Waals surface area contributed by atoms with Gasteiger partial charge < -0.3 is 24.9 Å². The maximum absolute atomic E-state index is 11.3. The second kappa shape index (κ2) is 8.51. The molecule has 26 heavy (non-hydrogen) atoms. The van der Waals surface area contributed by atoms with Gasteiger partial charge in [-0.1, -0.05) is 18.2 Å². The SMILES string of the molecule is COc1ccccc1CNCC(O)COc1ccc2[nH]c(=O)ccc2c1. The number of methoxy groups -OCH3 is 1. The lowest BCUT2D eigenvalue weighted by Crippen LogP contribution is -2.31. The predicted octanol–water partition coefficient (Wildman–Crippen LogP) is 2.07. The summed E-state index contributed by atoms with van der Waals surface area (Å²) in [7, 11) is 1.64. The van der Waals surface area contributed by atoms with E-state index < -0.39 is 6.10 Å². The fourth-order valence-electron chi connectivity index (χ4n) is 2.70. The van der Waals surface area contributed by atoms with Crippen LogP contribution in [-0.4, -0.2) is 36.5 Å². The summed E-state index contributed by atoms with van der Waals surface area (Å²) in [6, 6.07) is 16.4. The summed E-state index contributed by atoms with van der Waals surface area (Å²) in [6.45, 7) is 1.18. The normalized spacial score (nSPS) is 12.1. The van der Waals surface area contributed by atoms with E-state index in [0.29, 0.717) is 18.8 Å². The summed E-state index contributed by atoms with van der Waals surface area (Å²) < 4.78 is 10.9. The number of aliphatic hydroxyl groups is 1. The zero-order valence-electron chi connectivity index (χ0n) is 14.6. The van der Waals surface area contributed by atoms with Gasteiger partial charge in [-0.15, -0.1) is 0 Å². The van der Waals surface area contributed by atoms with Crippen LogP contribution in [0.5, 0.6) is 11.5 Å². The van der Waals surface area contributed by atoms with Crippen molar-refractivity contribution in [2.24, 2.45) is 0 Å². The molecular weight excluding hydrogens is 332 g/mol. The molecule has 1 atom stereocenters. The number of ether oxygens (including phenoxy) is 2. The maximum atomic E-state index is 11.3. The molecule has 0 radical (unpaired) electrons. The lowest BCUT2D eigenvalue weighted by atomic mass is 10.2. The van der Waals surface area contributed by atoms with Crippen LogP contribution in [0.15, 0.2) is 59.4 Å². The van der Waals surface area contributed by atoms with E-state index >= 15 is 0 Å². The molecule has 0 fully saturated rings. The number of rotatable bonds is 8. The van der Waals surface area contributed by atoms with Crippen LogP contribution in [0.25, 0.3) is 10.9 Å². The number of aliphatic hydroxyl groups excluding tert-OH is 1. The molecule has 1 aromatic heterocycles. The summed E-state index contributed by atoms with van der Waals surface area (Å²) >= 11 is 0. The van der Waals surface area contributed by atoms with Crippen molar-refractivity contribution in [1.29, 1.82) is 0 Å². The second-order valence-corrected chi connectivity index (χ2v) is 5.98. The van der Waals surface area contributed by atoms with Gasteiger partial charge >= 0.3 is 0 Å². The molecule has 6 nitrogen and oxygen atoms in total. The van der Waals surface area contributed by atoms with Crippen molar-refractivity contribution in [1.82, 2.24) is 10.3 Å². The van der Waals surface area contributed by atoms with E-state index in [1.54, 1.807) is 25.3 Å². The average molecular weight is 354 g/mol. The molecule has 0 spiro atoms. The molecule has 0 aliphatic rings.